The third-order valence-electron chi connectivity index (χ3n) is 2.68. The van der Waals surface area contributed by atoms with E-state index in [2.05, 4.69) is 10.3 Å². The highest BCUT2D eigenvalue weighted by Gasteiger charge is 2.05. The SMILES string of the molecule is N#C/C(N=Cc1cccs1)=C(/C#N)NCc1cccc(Cl)c1. The van der Waals surface area contributed by atoms with E-state index in [1.165, 1.54) is 11.3 Å². The van der Waals surface area contributed by atoms with Crippen LogP contribution in [0.5, 0.6) is 0 Å². The van der Waals surface area contributed by atoms with Gasteiger partial charge in [-0.25, -0.2) is 4.99 Å². The van der Waals surface area contributed by atoms with Crippen LogP contribution < -0.4 is 5.32 Å². The van der Waals surface area contributed by atoms with Gasteiger partial charge >= 0.3 is 0 Å². The van der Waals surface area contributed by atoms with Crippen LogP contribution in [-0.4, -0.2) is 6.21 Å². The van der Waals surface area contributed by atoms with Gasteiger partial charge < -0.3 is 5.32 Å². The molecule has 2 aromatic rings. The molecule has 4 nitrogen and oxygen atoms in total. The molecule has 0 aliphatic carbocycles. The molecule has 1 aromatic carbocycles. The molecule has 0 aliphatic heterocycles. The molecule has 0 unspecified atom stereocenters. The summed E-state index contributed by atoms with van der Waals surface area (Å²) in [6.07, 6.45) is 1.57. The largest absolute Gasteiger partial charge is 0.370 e. The van der Waals surface area contributed by atoms with E-state index in [0.29, 0.717) is 11.6 Å². The maximum Gasteiger partial charge on any atom is 0.174 e. The van der Waals surface area contributed by atoms with E-state index in [-0.39, 0.29) is 11.4 Å². The number of rotatable bonds is 5. The molecule has 0 atom stereocenters. The average Bonchev–Trinajstić information content (AvgIpc) is 3.04. The Morgan fingerprint density at radius 3 is 2.77 bits per heavy atom. The molecule has 22 heavy (non-hydrogen) atoms. The number of nitrogens with one attached hydrogen (secondary N) is 1. The van der Waals surface area contributed by atoms with Gasteiger partial charge in [-0.15, -0.1) is 11.3 Å². The Hall–Kier alpha value is -2.60. The highest BCUT2D eigenvalue weighted by molar-refractivity contribution is 7.11. The highest BCUT2D eigenvalue weighted by Crippen LogP contribution is 2.12. The predicted molar refractivity (Wildman–Crippen MR) is 88.5 cm³/mol. The maximum atomic E-state index is 9.20. The van der Waals surface area contributed by atoms with E-state index < -0.39 is 0 Å². The second-order valence-corrected chi connectivity index (χ2v) is 5.62. The van der Waals surface area contributed by atoms with E-state index in [1.807, 2.05) is 41.8 Å². The summed E-state index contributed by atoms with van der Waals surface area (Å²) in [6.45, 7) is 0.392. The molecule has 0 spiro atoms. The average molecular weight is 327 g/mol. The Kier molecular flexibility index (Phi) is 5.73. The van der Waals surface area contributed by atoms with Gasteiger partial charge in [-0.1, -0.05) is 29.8 Å². The van der Waals surface area contributed by atoms with Crippen molar-refractivity contribution in [1.29, 1.82) is 10.5 Å². The van der Waals surface area contributed by atoms with Gasteiger partial charge in [0.1, 0.15) is 12.1 Å². The Labute approximate surface area is 137 Å². The van der Waals surface area contributed by atoms with Crippen molar-refractivity contribution in [3.05, 3.63) is 68.6 Å². The summed E-state index contributed by atoms with van der Waals surface area (Å²) in [5, 5.41) is 23.8. The van der Waals surface area contributed by atoms with Crippen molar-refractivity contribution in [1.82, 2.24) is 5.32 Å². The number of nitriles is 2. The standard InChI is InChI=1S/C16H11ClN4S/c17-13-4-1-3-12(7-13)10-20-15(8-18)16(9-19)21-11-14-5-2-6-22-14/h1-7,11,20H,10H2/b16-15+,21-11?. The van der Waals surface area contributed by atoms with Crippen LogP contribution in [0.4, 0.5) is 0 Å². The zero-order chi connectivity index (χ0) is 15.8. The van der Waals surface area contributed by atoms with Crippen LogP contribution in [0.25, 0.3) is 0 Å². The van der Waals surface area contributed by atoms with E-state index in [9.17, 15) is 5.26 Å². The van der Waals surface area contributed by atoms with Crippen molar-refractivity contribution >= 4 is 29.2 Å². The molecule has 1 N–H and O–H groups in total. The molecule has 0 aliphatic rings. The molecule has 6 heteroatoms. The lowest BCUT2D eigenvalue weighted by atomic mass is 10.2. The summed E-state index contributed by atoms with van der Waals surface area (Å²) in [5.74, 6) is 0. The molecule has 0 radical (unpaired) electrons. The van der Waals surface area contributed by atoms with Crippen molar-refractivity contribution in [3.63, 3.8) is 0 Å². The van der Waals surface area contributed by atoms with Crippen LogP contribution in [0.15, 0.2) is 58.2 Å². The van der Waals surface area contributed by atoms with Gasteiger partial charge in [-0.3, -0.25) is 0 Å². The number of aliphatic imine (C=N–C) groups is 1. The Morgan fingerprint density at radius 2 is 2.14 bits per heavy atom. The minimum absolute atomic E-state index is 0.0536. The van der Waals surface area contributed by atoms with Gasteiger partial charge in [0.2, 0.25) is 0 Å². The normalized spacial score (nSPS) is 11.6. The van der Waals surface area contributed by atoms with Gasteiger partial charge in [0.25, 0.3) is 0 Å². The van der Waals surface area contributed by atoms with E-state index in [4.69, 9.17) is 16.9 Å². The number of benzene rings is 1. The molecular weight excluding hydrogens is 316 g/mol. The first-order valence-electron chi connectivity index (χ1n) is 6.33. The summed E-state index contributed by atoms with van der Waals surface area (Å²) in [6, 6.07) is 15.0. The second-order valence-electron chi connectivity index (χ2n) is 4.20. The Morgan fingerprint density at radius 1 is 1.27 bits per heavy atom. The van der Waals surface area contributed by atoms with Gasteiger partial charge in [0, 0.05) is 22.7 Å². The molecular formula is C16H11ClN4S. The number of hydrogen-bond donors (Lipinski definition) is 1. The minimum atomic E-state index is 0.0536. The first kappa shape index (κ1) is 15.8. The number of hydrogen-bond acceptors (Lipinski definition) is 5. The minimum Gasteiger partial charge on any atom is -0.370 e. The fourth-order valence-corrected chi connectivity index (χ4v) is 2.45. The topological polar surface area (TPSA) is 72.0 Å². The molecule has 1 aromatic heterocycles. The van der Waals surface area contributed by atoms with Gasteiger partial charge in [-0.2, -0.15) is 10.5 Å². The van der Waals surface area contributed by atoms with Gasteiger partial charge in [0.05, 0.1) is 0 Å². The zero-order valence-corrected chi connectivity index (χ0v) is 13.0. The van der Waals surface area contributed by atoms with E-state index in [0.717, 1.165) is 10.4 Å². The maximum absolute atomic E-state index is 9.20. The molecule has 108 valence electrons. The van der Waals surface area contributed by atoms with Crippen LogP contribution in [0.2, 0.25) is 5.02 Å². The first-order chi connectivity index (χ1) is 10.7. The van der Waals surface area contributed by atoms with E-state index in [1.54, 1.807) is 18.3 Å². The Balaban J connectivity index is 2.13. The van der Waals surface area contributed by atoms with Crippen LogP contribution >= 0.6 is 22.9 Å². The lowest BCUT2D eigenvalue weighted by molar-refractivity contribution is 0.828. The van der Waals surface area contributed by atoms with Crippen molar-refractivity contribution in [3.8, 4) is 12.1 Å². The molecule has 0 bridgehead atoms. The summed E-state index contributed by atoms with van der Waals surface area (Å²) in [4.78, 5) is 5.00. The van der Waals surface area contributed by atoms with Gasteiger partial charge in [-0.05, 0) is 29.1 Å². The quantitative estimate of drug-likeness (QED) is 0.669. The lowest BCUT2D eigenvalue weighted by Gasteiger charge is -2.05. The third-order valence-corrected chi connectivity index (χ3v) is 3.72. The summed E-state index contributed by atoms with van der Waals surface area (Å²) in [7, 11) is 0. The van der Waals surface area contributed by atoms with Crippen LogP contribution in [0, 0.1) is 22.7 Å². The van der Waals surface area contributed by atoms with E-state index >= 15 is 0 Å². The monoisotopic (exact) mass is 326 g/mol. The summed E-state index contributed by atoms with van der Waals surface area (Å²) >= 11 is 7.42. The smallest absolute Gasteiger partial charge is 0.174 e. The van der Waals surface area contributed by atoms with Crippen LogP contribution in [-0.2, 0) is 6.54 Å². The summed E-state index contributed by atoms with van der Waals surface area (Å²) in [5.41, 5.74) is 1.10. The van der Waals surface area contributed by atoms with Gasteiger partial charge in [0.15, 0.2) is 11.4 Å². The highest BCUT2D eigenvalue weighted by atomic mass is 35.5. The van der Waals surface area contributed by atoms with Crippen molar-refractivity contribution in [2.75, 3.05) is 0 Å². The lowest BCUT2D eigenvalue weighted by Crippen LogP contribution is -2.13. The third kappa shape index (κ3) is 4.46. The Bertz CT molecular complexity index is 779. The number of thiophene rings is 1. The van der Waals surface area contributed by atoms with Crippen molar-refractivity contribution in [2.45, 2.75) is 6.54 Å². The predicted octanol–water partition coefficient (Wildman–Crippen LogP) is 3.87. The fourth-order valence-electron chi connectivity index (χ4n) is 1.66. The molecule has 2 rings (SSSR count). The summed E-state index contributed by atoms with van der Waals surface area (Å²) < 4.78 is 0. The molecule has 0 amide bonds. The first-order valence-corrected chi connectivity index (χ1v) is 7.59. The van der Waals surface area contributed by atoms with Crippen molar-refractivity contribution in [2.24, 2.45) is 4.99 Å². The van der Waals surface area contributed by atoms with Crippen molar-refractivity contribution < 1.29 is 0 Å². The number of halogens is 1. The molecule has 0 saturated carbocycles. The van der Waals surface area contributed by atoms with Crippen LogP contribution in [0.3, 0.4) is 0 Å². The number of allylic oxidation sites excluding steroid dienone is 2. The van der Waals surface area contributed by atoms with Crippen LogP contribution in [0.1, 0.15) is 10.4 Å². The number of nitrogens with zero attached hydrogens (tertiary/aromatic N) is 3. The zero-order valence-electron chi connectivity index (χ0n) is 11.5. The molecule has 0 saturated heterocycles. The second kappa shape index (κ2) is 7.99. The fraction of sp³-hybridized carbons (Fsp3) is 0.0625. The molecule has 0 fully saturated rings. The molecule has 1 heterocycles.